The molecule has 0 aromatic carbocycles. The molecule has 0 aromatic rings. The molecule has 4 nitrogen and oxygen atoms in total. The second-order valence-corrected chi connectivity index (χ2v) is 7.50. The molecule has 0 aromatic heterocycles. The van der Waals surface area contributed by atoms with Crippen molar-refractivity contribution in [1.29, 1.82) is 0 Å². The minimum Gasteiger partial charge on any atom is -0.726 e. The van der Waals surface area contributed by atoms with Crippen LogP contribution in [-0.2, 0) is 14.6 Å². The van der Waals surface area contributed by atoms with Crippen molar-refractivity contribution >= 4 is 10.4 Å². The van der Waals surface area contributed by atoms with E-state index in [1.54, 1.807) is 0 Å². The number of unbranched alkanes of at least 4 members (excludes halogenated alkanes) is 9. The van der Waals surface area contributed by atoms with Gasteiger partial charge in [0.2, 0.25) is 10.4 Å². The molecule has 0 aliphatic carbocycles. The summed E-state index contributed by atoms with van der Waals surface area (Å²) in [7, 11) is -4.50. The van der Waals surface area contributed by atoms with Crippen molar-refractivity contribution in [2.24, 2.45) is 5.92 Å². The molecule has 6 heteroatoms. The first kappa shape index (κ1) is 26.1. The third kappa shape index (κ3) is 22.9. The molecule has 0 spiro atoms. The second-order valence-electron chi connectivity index (χ2n) is 6.45. The summed E-state index contributed by atoms with van der Waals surface area (Å²) in [6, 6.07) is 0. The maximum atomic E-state index is 10.2. The normalized spacial score (nSPS) is 12.8. The van der Waals surface area contributed by atoms with E-state index in [2.05, 4.69) is 18.0 Å². The fraction of sp³-hybridized carbons (Fsp3) is 1.00. The van der Waals surface area contributed by atoms with Crippen LogP contribution >= 0.6 is 0 Å². The summed E-state index contributed by atoms with van der Waals surface area (Å²) in [5.41, 5.74) is 0. The zero-order valence-corrected chi connectivity index (χ0v) is 18.3. The van der Waals surface area contributed by atoms with Gasteiger partial charge in [0.15, 0.2) is 0 Å². The zero-order valence-electron chi connectivity index (χ0n) is 15.5. The Balaban J connectivity index is 0. The van der Waals surface area contributed by atoms with Crippen LogP contribution in [-0.4, -0.2) is 19.6 Å². The van der Waals surface area contributed by atoms with Crippen LogP contribution < -0.4 is 29.6 Å². The predicted octanol–water partition coefficient (Wildman–Crippen LogP) is 2.19. The van der Waals surface area contributed by atoms with Gasteiger partial charge >= 0.3 is 29.6 Å². The fourth-order valence-corrected chi connectivity index (χ4v) is 3.03. The Morgan fingerprint density at radius 2 is 1.26 bits per heavy atom. The first-order valence-electron chi connectivity index (χ1n) is 9.06. The molecule has 0 aliphatic heterocycles. The van der Waals surface area contributed by atoms with Gasteiger partial charge < -0.3 is 4.55 Å². The SMILES string of the molecule is CCCCCCCCCC(C)CCCCCCOS(=O)(=O)[O-].[Na+]. The third-order valence-electron chi connectivity index (χ3n) is 4.12. The third-order valence-corrected chi connectivity index (χ3v) is 4.57. The van der Waals surface area contributed by atoms with Crippen molar-refractivity contribution in [1.82, 2.24) is 0 Å². The molecule has 0 radical (unpaired) electrons. The number of hydrogen-bond acceptors (Lipinski definition) is 4. The van der Waals surface area contributed by atoms with E-state index >= 15 is 0 Å². The van der Waals surface area contributed by atoms with Gasteiger partial charge in [-0.3, -0.25) is 4.18 Å². The molecule has 0 heterocycles. The molecular weight excluding hydrogens is 323 g/mol. The van der Waals surface area contributed by atoms with Crippen molar-refractivity contribution < 1.29 is 46.7 Å². The molecule has 0 amide bonds. The Hall–Kier alpha value is 0.870. The van der Waals surface area contributed by atoms with Crippen LogP contribution in [0.1, 0.15) is 97.3 Å². The van der Waals surface area contributed by atoms with Gasteiger partial charge in [-0.05, 0) is 12.3 Å². The topological polar surface area (TPSA) is 66.4 Å². The van der Waals surface area contributed by atoms with Crippen LogP contribution in [0, 0.1) is 5.92 Å². The van der Waals surface area contributed by atoms with Crippen LogP contribution in [0.4, 0.5) is 0 Å². The standard InChI is InChI=1S/C17H36O4S.Na/c1-3-4-5-6-7-8-11-14-17(2)15-12-9-10-13-16-21-22(18,19)20;/h17H,3-16H2,1-2H3,(H,18,19,20);/q;+1/p-1. The van der Waals surface area contributed by atoms with Crippen LogP contribution in [0.5, 0.6) is 0 Å². The second kappa shape index (κ2) is 17.7. The minimum atomic E-state index is -4.50. The van der Waals surface area contributed by atoms with E-state index in [4.69, 9.17) is 0 Å². The van der Waals surface area contributed by atoms with Crippen molar-refractivity contribution in [3.8, 4) is 0 Å². The monoisotopic (exact) mass is 358 g/mol. The van der Waals surface area contributed by atoms with Crippen LogP contribution in [0.3, 0.4) is 0 Å². The van der Waals surface area contributed by atoms with E-state index in [0.717, 1.165) is 18.8 Å². The van der Waals surface area contributed by atoms with Crippen LogP contribution in [0.15, 0.2) is 0 Å². The Morgan fingerprint density at radius 3 is 1.74 bits per heavy atom. The van der Waals surface area contributed by atoms with Crippen molar-refractivity contribution in [3.05, 3.63) is 0 Å². The summed E-state index contributed by atoms with van der Waals surface area (Å²) in [5.74, 6) is 0.786. The number of hydrogen-bond donors (Lipinski definition) is 0. The summed E-state index contributed by atoms with van der Waals surface area (Å²) in [6.07, 6.45) is 16.0. The average Bonchev–Trinajstić information content (AvgIpc) is 2.44. The summed E-state index contributed by atoms with van der Waals surface area (Å²) in [6.45, 7) is 4.60. The molecule has 0 bridgehead atoms. The van der Waals surface area contributed by atoms with Crippen molar-refractivity contribution in [3.63, 3.8) is 0 Å². The summed E-state index contributed by atoms with van der Waals surface area (Å²) in [5, 5.41) is 0. The van der Waals surface area contributed by atoms with Crippen LogP contribution in [0.25, 0.3) is 0 Å². The van der Waals surface area contributed by atoms with Crippen LogP contribution in [0.2, 0.25) is 0 Å². The summed E-state index contributed by atoms with van der Waals surface area (Å²) < 4.78 is 34.9. The van der Waals surface area contributed by atoms with E-state index in [0.29, 0.717) is 6.42 Å². The van der Waals surface area contributed by atoms with E-state index in [-0.39, 0.29) is 36.2 Å². The average molecular weight is 359 g/mol. The molecule has 0 rings (SSSR count). The van der Waals surface area contributed by atoms with E-state index in [1.807, 2.05) is 0 Å². The molecule has 0 saturated carbocycles. The van der Waals surface area contributed by atoms with Gasteiger partial charge in [-0.15, -0.1) is 0 Å². The first-order valence-corrected chi connectivity index (χ1v) is 10.4. The van der Waals surface area contributed by atoms with E-state index in [9.17, 15) is 13.0 Å². The number of rotatable bonds is 16. The predicted molar refractivity (Wildman–Crippen MR) is 90.5 cm³/mol. The zero-order chi connectivity index (χ0) is 16.7. The minimum absolute atomic E-state index is 0. The molecule has 0 aliphatic rings. The molecule has 23 heavy (non-hydrogen) atoms. The largest absolute Gasteiger partial charge is 1.00 e. The maximum absolute atomic E-state index is 10.2. The van der Waals surface area contributed by atoms with Crippen molar-refractivity contribution in [2.45, 2.75) is 97.3 Å². The molecule has 134 valence electrons. The molecule has 1 atom stereocenters. The van der Waals surface area contributed by atoms with Gasteiger partial charge in [0.1, 0.15) is 0 Å². The van der Waals surface area contributed by atoms with E-state index in [1.165, 1.54) is 64.2 Å². The van der Waals surface area contributed by atoms with Crippen molar-refractivity contribution in [2.75, 3.05) is 6.61 Å². The molecule has 0 fully saturated rings. The summed E-state index contributed by atoms with van der Waals surface area (Å²) in [4.78, 5) is 0. The maximum Gasteiger partial charge on any atom is 1.00 e. The molecule has 1 unspecified atom stereocenters. The van der Waals surface area contributed by atoms with Gasteiger partial charge in [-0.1, -0.05) is 90.9 Å². The quantitative estimate of drug-likeness (QED) is 0.184. The van der Waals surface area contributed by atoms with Gasteiger partial charge in [0, 0.05) is 0 Å². The summed E-state index contributed by atoms with van der Waals surface area (Å²) >= 11 is 0. The fourth-order valence-electron chi connectivity index (χ4n) is 2.70. The Morgan fingerprint density at radius 1 is 0.826 bits per heavy atom. The molecule has 0 N–H and O–H groups in total. The van der Waals surface area contributed by atoms with E-state index < -0.39 is 10.4 Å². The van der Waals surface area contributed by atoms with Gasteiger partial charge in [0.05, 0.1) is 6.61 Å². The Labute approximate surface area is 166 Å². The van der Waals surface area contributed by atoms with Gasteiger partial charge in [-0.25, -0.2) is 8.42 Å². The first-order chi connectivity index (χ1) is 10.5. The molecular formula is C17H35NaO4S. The van der Waals surface area contributed by atoms with Gasteiger partial charge in [-0.2, -0.15) is 0 Å². The Bertz CT molecular complexity index is 333. The smallest absolute Gasteiger partial charge is 0.726 e. The Kier molecular flexibility index (Phi) is 20.1. The molecule has 0 saturated heterocycles. The van der Waals surface area contributed by atoms with Gasteiger partial charge in [0.25, 0.3) is 0 Å².